The van der Waals surface area contributed by atoms with Crippen LogP contribution >= 0.6 is 0 Å². The summed E-state index contributed by atoms with van der Waals surface area (Å²) in [6.07, 6.45) is 2.65. The number of carbonyl (C=O) groups excluding carboxylic acids is 1. The van der Waals surface area contributed by atoms with Gasteiger partial charge in [0.05, 0.1) is 5.92 Å². The van der Waals surface area contributed by atoms with Crippen LogP contribution in [0.15, 0.2) is 34.9 Å². The number of ether oxygens (including phenoxy) is 1. The largest absolute Gasteiger partial charge is 0.381 e. The van der Waals surface area contributed by atoms with Crippen LogP contribution < -0.4 is 0 Å². The second-order valence-corrected chi connectivity index (χ2v) is 8.77. The number of likely N-dealkylation sites (tertiary alicyclic amines) is 1. The molecule has 2 saturated heterocycles. The molecule has 150 valence electrons. The first-order valence-corrected chi connectivity index (χ1v) is 10.2. The van der Waals surface area contributed by atoms with Gasteiger partial charge in [-0.05, 0) is 19.3 Å². The molecule has 2 aromatic rings. The molecule has 6 heteroatoms. The van der Waals surface area contributed by atoms with E-state index in [4.69, 9.17) is 14.2 Å². The van der Waals surface area contributed by atoms with Crippen molar-refractivity contribution in [3.63, 3.8) is 0 Å². The van der Waals surface area contributed by atoms with Gasteiger partial charge in [-0.1, -0.05) is 56.3 Å². The summed E-state index contributed by atoms with van der Waals surface area (Å²) < 4.78 is 11.4. The summed E-state index contributed by atoms with van der Waals surface area (Å²) >= 11 is 0. The van der Waals surface area contributed by atoms with Crippen LogP contribution in [-0.2, 0) is 9.53 Å². The zero-order valence-electron chi connectivity index (χ0n) is 17.0. The fourth-order valence-corrected chi connectivity index (χ4v) is 4.41. The highest BCUT2D eigenvalue weighted by molar-refractivity contribution is 5.82. The number of carbonyl (C=O) groups is 1. The first-order chi connectivity index (χ1) is 13.5. The average Bonchev–Trinajstić information content (AvgIpc) is 3.34. The van der Waals surface area contributed by atoms with Gasteiger partial charge in [-0.2, -0.15) is 4.98 Å². The minimum atomic E-state index is -0.356. The summed E-state index contributed by atoms with van der Waals surface area (Å²) in [4.78, 5) is 19.9. The number of hydrogen-bond acceptors (Lipinski definition) is 5. The van der Waals surface area contributed by atoms with Crippen LogP contribution in [0.1, 0.15) is 51.8 Å². The number of hydrogen-bond donors (Lipinski definition) is 0. The Hall–Kier alpha value is -2.21. The molecule has 0 bridgehead atoms. The minimum Gasteiger partial charge on any atom is -0.381 e. The van der Waals surface area contributed by atoms with Gasteiger partial charge >= 0.3 is 0 Å². The van der Waals surface area contributed by atoms with Crippen molar-refractivity contribution in [1.29, 1.82) is 0 Å². The van der Waals surface area contributed by atoms with Crippen LogP contribution in [0.25, 0.3) is 11.4 Å². The van der Waals surface area contributed by atoms with Crippen molar-refractivity contribution >= 4 is 5.91 Å². The minimum absolute atomic E-state index is 0.0434. The normalized spacial score (nSPS) is 22.0. The van der Waals surface area contributed by atoms with Gasteiger partial charge in [0.15, 0.2) is 0 Å². The molecular weight excluding hydrogens is 354 g/mol. The lowest BCUT2D eigenvalue weighted by atomic mass is 9.72. The zero-order chi connectivity index (χ0) is 19.8. The molecule has 28 heavy (non-hydrogen) atoms. The SMILES string of the molecule is CCC(C)(C)C(=O)N1C[C@H](c2nc(-c3ccccc3)no2)C2(CCOCC2)C1. The third-order valence-corrected chi connectivity index (χ3v) is 6.66. The Balaban J connectivity index is 1.64. The van der Waals surface area contributed by atoms with E-state index in [0.29, 0.717) is 18.3 Å². The predicted octanol–water partition coefficient (Wildman–Crippen LogP) is 3.90. The van der Waals surface area contributed by atoms with Crippen molar-refractivity contribution in [2.45, 2.75) is 46.0 Å². The molecule has 1 spiro atoms. The van der Waals surface area contributed by atoms with Crippen molar-refractivity contribution in [2.24, 2.45) is 10.8 Å². The lowest BCUT2D eigenvalue weighted by molar-refractivity contribution is -0.140. The molecule has 3 heterocycles. The van der Waals surface area contributed by atoms with E-state index in [9.17, 15) is 4.79 Å². The van der Waals surface area contributed by atoms with Gasteiger partial charge in [0.1, 0.15) is 0 Å². The highest BCUT2D eigenvalue weighted by Crippen LogP contribution is 2.50. The van der Waals surface area contributed by atoms with Crippen LogP contribution in [0.4, 0.5) is 0 Å². The maximum atomic E-state index is 13.2. The van der Waals surface area contributed by atoms with Gasteiger partial charge in [0.2, 0.25) is 17.6 Å². The topological polar surface area (TPSA) is 68.5 Å². The molecule has 2 aliphatic heterocycles. The number of benzene rings is 1. The summed E-state index contributed by atoms with van der Waals surface area (Å²) in [5, 5.41) is 4.22. The molecule has 4 rings (SSSR count). The lowest BCUT2D eigenvalue weighted by Gasteiger charge is -2.36. The number of aromatic nitrogens is 2. The van der Waals surface area contributed by atoms with Crippen molar-refractivity contribution in [3.05, 3.63) is 36.2 Å². The van der Waals surface area contributed by atoms with Crippen molar-refractivity contribution < 1.29 is 14.1 Å². The molecule has 2 aliphatic rings. The van der Waals surface area contributed by atoms with E-state index in [2.05, 4.69) is 12.1 Å². The van der Waals surface area contributed by atoms with E-state index < -0.39 is 0 Å². The molecule has 1 amide bonds. The molecule has 0 saturated carbocycles. The first-order valence-electron chi connectivity index (χ1n) is 10.2. The summed E-state index contributed by atoms with van der Waals surface area (Å²) in [5.41, 5.74) is 0.542. The van der Waals surface area contributed by atoms with Crippen LogP contribution in [0, 0.1) is 10.8 Å². The maximum absolute atomic E-state index is 13.2. The molecule has 0 radical (unpaired) electrons. The van der Waals surface area contributed by atoms with E-state index in [-0.39, 0.29) is 22.7 Å². The molecule has 1 aromatic carbocycles. The molecule has 2 fully saturated rings. The van der Waals surface area contributed by atoms with E-state index >= 15 is 0 Å². The number of nitrogens with zero attached hydrogens (tertiary/aromatic N) is 3. The maximum Gasteiger partial charge on any atom is 0.232 e. The fourth-order valence-electron chi connectivity index (χ4n) is 4.41. The third-order valence-electron chi connectivity index (χ3n) is 6.66. The Kier molecular flexibility index (Phi) is 5.00. The standard InChI is InChI=1S/C22H29N3O3/c1-4-21(2,3)20(26)25-14-17(22(15-25)10-12-27-13-11-22)19-23-18(24-28-19)16-8-6-5-7-9-16/h5-9,17H,4,10-15H2,1-3H3/t17-/m1/s1. The van der Waals surface area contributed by atoms with Gasteiger partial charge in [0, 0.05) is 42.7 Å². The summed E-state index contributed by atoms with van der Waals surface area (Å²) in [6, 6.07) is 9.86. The van der Waals surface area contributed by atoms with E-state index in [0.717, 1.165) is 44.6 Å². The van der Waals surface area contributed by atoms with Gasteiger partial charge in [-0.25, -0.2) is 0 Å². The first kappa shape index (κ1) is 19.1. The van der Waals surface area contributed by atoms with Crippen LogP contribution in [0.5, 0.6) is 0 Å². The summed E-state index contributed by atoms with van der Waals surface area (Å²) in [5.74, 6) is 1.52. The average molecular weight is 383 g/mol. The monoisotopic (exact) mass is 383 g/mol. The number of amides is 1. The summed E-state index contributed by atoms with van der Waals surface area (Å²) in [6.45, 7) is 8.94. The van der Waals surface area contributed by atoms with Crippen LogP contribution in [0.2, 0.25) is 0 Å². The Morgan fingerprint density at radius 2 is 1.96 bits per heavy atom. The van der Waals surface area contributed by atoms with E-state index in [1.54, 1.807) is 0 Å². The quantitative estimate of drug-likeness (QED) is 0.801. The summed E-state index contributed by atoms with van der Waals surface area (Å²) in [7, 11) is 0. The fraction of sp³-hybridized carbons (Fsp3) is 0.591. The van der Waals surface area contributed by atoms with E-state index in [1.165, 1.54) is 0 Å². The van der Waals surface area contributed by atoms with Gasteiger partial charge in [-0.3, -0.25) is 4.79 Å². The van der Waals surface area contributed by atoms with E-state index in [1.807, 2.05) is 49.1 Å². The smallest absolute Gasteiger partial charge is 0.232 e. The van der Waals surface area contributed by atoms with Gasteiger partial charge in [0.25, 0.3) is 0 Å². The Morgan fingerprint density at radius 3 is 2.64 bits per heavy atom. The van der Waals surface area contributed by atoms with Gasteiger partial charge < -0.3 is 14.2 Å². The Morgan fingerprint density at radius 1 is 1.25 bits per heavy atom. The Labute approximate surface area is 166 Å². The van der Waals surface area contributed by atoms with Crippen LogP contribution in [-0.4, -0.2) is 47.3 Å². The molecule has 0 unspecified atom stereocenters. The Bertz CT molecular complexity index is 825. The van der Waals surface area contributed by atoms with Crippen molar-refractivity contribution in [2.75, 3.05) is 26.3 Å². The molecular formula is C22H29N3O3. The second kappa shape index (κ2) is 7.32. The predicted molar refractivity (Wildman–Crippen MR) is 106 cm³/mol. The highest BCUT2D eigenvalue weighted by atomic mass is 16.5. The van der Waals surface area contributed by atoms with Crippen molar-refractivity contribution in [1.82, 2.24) is 15.0 Å². The molecule has 0 aliphatic carbocycles. The van der Waals surface area contributed by atoms with Crippen molar-refractivity contribution in [3.8, 4) is 11.4 Å². The third kappa shape index (κ3) is 3.34. The van der Waals surface area contributed by atoms with Gasteiger partial charge in [-0.15, -0.1) is 0 Å². The molecule has 1 aromatic heterocycles. The second-order valence-electron chi connectivity index (χ2n) is 8.77. The lowest BCUT2D eigenvalue weighted by Crippen LogP contribution is -2.41. The number of rotatable bonds is 4. The molecule has 0 N–H and O–H groups in total. The molecule has 6 nitrogen and oxygen atoms in total. The highest BCUT2D eigenvalue weighted by Gasteiger charge is 2.52. The van der Waals surface area contributed by atoms with Crippen LogP contribution in [0.3, 0.4) is 0 Å². The zero-order valence-corrected chi connectivity index (χ0v) is 17.0. The molecule has 1 atom stereocenters.